The van der Waals surface area contributed by atoms with Crippen molar-refractivity contribution in [3.63, 3.8) is 0 Å². The van der Waals surface area contributed by atoms with Crippen LogP contribution >= 0.6 is 0 Å². The monoisotopic (exact) mass is 869 g/mol. The zero-order valence-electron chi connectivity index (χ0n) is 36.5. The van der Waals surface area contributed by atoms with Gasteiger partial charge in [-0.3, -0.25) is 19.3 Å². The minimum absolute atomic E-state index is 0.103. The lowest BCUT2D eigenvalue weighted by Crippen LogP contribution is -2.56. The molecule has 0 aromatic heterocycles. The average Bonchev–Trinajstić information content (AvgIpc) is 3.83. The van der Waals surface area contributed by atoms with Gasteiger partial charge in [-0.25, -0.2) is 0 Å². The van der Waals surface area contributed by atoms with E-state index in [0.717, 1.165) is 53.5 Å². The van der Waals surface area contributed by atoms with Crippen LogP contribution in [-0.4, -0.2) is 72.7 Å². The summed E-state index contributed by atoms with van der Waals surface area (Å²) in [5.74, 6) is 5.94. The number of nitrogens with one attached hydrogen (secondary N) is 1. The van der Waals surface area contributed by atoms with Gasteiger partial charge < -0.3 is 34.3 Å². The molecule has 6 atom stereocenters. The van der Waals surface area contributed by atoms with Crippen LogP contribution in [-0.2, 0) is 37.5 Å². The molecule has 5 aliphatic rings. The van der Waals surface area contributed by atoms with Crippen LogP contribution in [0.1, 0.15) is 82.8 Å². The molecular formula is C54H51N3O8. The van der Waals surface area contributed by atoms with Crippen molar-refractivity contribution in [2.75, 3.05) is 39.3 Å². The van der Waals surface area contributed by atoms with Crippen LogP contribution in [0.15, 0.2) is 127 Å². The first kappa shape index (κ1) is 42.1. The number of morpholine rings is 1. The molecule has 4 aliphatic heterocycles. The molecule has 11 nitrogen and oxygen atoms in total. The van der Waals surface area contributed by atoms with E-state index in [4.69, 9.17) is 18.9 Å². The fourth-order valence-electron chi connectivity index (χ4n) is 10.9. The maximum absolute atomic E-state index is 16.1. The maximum Gasteiger partial charge on any atom is 0.324 e. The number of fused-ring (bicyclic) bond motifs is 4. The molecule has 11 heteroatoms. The Kier molecular flexibility index (Phi) is 11.4. The molecule has 2 amide bonds. The molecule has 330 valence electrons. The van der Waals surface area contributed by atoms with E-state index in [-0.39, 0.29) is 31.6 Å². The smallest absolute Gasteiger partial charge is 0.324 e. The number of allylic oxidation sites excluding steroid dienone is 2. The Morgan fingerprint density at radius 3 is 2.23 bits per heavy atom. The highest BCUT2D eigenvalue weighted by Crippen LogP contribution is 2.65. The Morgan fingerprint density at radius 2 is 1.54 bits per heavy atom. The summed E-state index contributed by atoms with van der Waals surface area (Å²) >= 11 is 0. The normalized spacial score (nSPS) is 24.4. The number of anilines is 1. The topological polar surface area (TPSA) is 127 Å². The van der Waals surface area contributed by atoms with E-state index in [9.17, 15) is 5.11 Å². The van der Waals surface area contributed by atoms with Crippen LogP contribution in [0, 0.1) is 17.8 Å². The highest BCUT2D eigenvalue weighted by atomic mass is 16.6. The van der Waals surface area contributed by atoms with Gasteiger partial charge in [-0.2, -0.15) is 0 Å². The van der Waals surface area contributed by atoms with E-state index in [1.165, 1.54) is 0 Å². The molecule has 6 unspecified atom stereocenters. The first-order valence-electron chi connectivity index (χ1n) is 22.4. The van der Waals surface area contributed by atoms with Crippen LogP contribution < -0.4 is 19.5 Å². The Balaban J connectivity index is 1.21. The van der Waals surface area contributed by atoms with Crippen LogP contribution in [0.25, 0.3) is 0 Å². The second-order valence-corrected chi connectivity index (χ2v) is 17.3. The molecule has 2 fully saturated rings. The van der Waals surface area contributed by atoms with E-state index >= 15 is 14.4 Å². The molecule has 0 radical (unpaired) electrons. The standard InChI is InChI=1S/C54H51N3O8/c1-62-44-31-39-26-27-56(33-40(39)32-45(44)63-2)51(59)46-48-52(60)65-49(37-16-10-5-11-17-37)47(36-14-8-4-9-15-36)57(48)50(38-21-23-41(24-22-38)64-29-28-58)54(46)42-30-35(20-25-43(42)55-53(54)61)19-18-34-12-6-3-7-13-34/h4-5,8-12,14-17,20-25,30-32,46-50,58H,3,6-7,13,26-29,33H2,1-2H3,(H,55,61). The quantitative estimate of drug-likeness (QED) is 0.113. The van der Waals surface area contributed by atoms with Crippen LogP contribution in [0.3, 0.4) is 0 Å². The van der Waals surface area contributed by atoms with Crippen molar-refractivity contribution in [2.45, 2.75) is 68.3 Å². The minimum atomic E-state index is -1.66. The first-order chi connectivity index (χ1) is 31.8. The summed E-state index contributed by atoms with van der Waals surface area (Å²) in [6.07, 6.45) is 6.07. The predicted octanol–water partition coefficient (Wildman–Crippen LogP) is 7.78. The van der Waals surface area contributed by atoms with Gasteiger partial charge >= 0.3 is 5.97 Å². The molecule has 0 saturated carbocycles. The van der Waals surface area contributed by atoms with Crippen molar-refractivity contribution in [2.24, 2.45) is 5.92 Å². The van der Waals surface area contributed by atoms with Crippen molar-refractivity contribution >= 4 is 23.5 Å². The summed E-state index contributed by atoms with van der Waals surface area (Å²) in [5.41, 5.74) is 5.57. The summed E-state index contributed by atoms with van der Waals surface area (Å²) in [6.45, 7) is 0.525. The van der Waals surface area contributed by atoms with Gasteiger partial charge in [0.15, 0.2) is 11.5 Å². The number of aliphatic hydroxyl groups is 1. The Bertz CT molecular complexity index is 2730. The summed E-state index contributed by atoms with van der Waals surface area (Å²) in [7, 11) is 3.18. The van der Waals surface area contributed by atoms with Gasteiger partial charge in [-0.1, -0.05) is 90.7 Å². The van der Waals surface area contributed by atoms with Gasteiger partial charge in [-0.15, -0.1) is 0 Å². The number of methoxy groups -OCH3 is 2. The lowest BCUT2D eigenvalue weighted by Gasteiger charge is -2.46. The zero-order valence-corrected chi connectivity index (χ0v) is 36.5. The van der Waals surface area contributed by atoms with Crippen molar-refractivity contribution in [3.8, 4) is 29.1 Å². The number of carbonyl (C=O) groups is 3. The number of aliphatic hydroxyl groups excluding tert-OH is 1. The summed E-state index contributed by atoms with van der Waals surface area (Å²) < 4.78 is 23.8. The number of amides is 2. The third-order valence-corrected chi connectivity index (χ3v) is 13.8. The molecule has 2 saturated heterocycles. The van der Waals surface area contributed by atoms with Gasteiger partial charge in [0.05, 0.1) is 38.8 Å². The number of nitrogens with zero attached hydrogens (tertiary/aromatic N) is 2. The minimum Gasteiger partial charge on any atom is -0.493 e. The fourth-order valence-corrected chi connectivity index (χ4v) is 10.9. The van der Waals surface area contributed by atoms with Gasteiger partial charge in [0.25, 0.3) is 0 Å². The molecule has 10 rings (SSSR count). The van der Waals surface area contributed by atoms with Gasteiger partial charge in [-0.05, 0) is 114 Å². The van der Waals surface area contributed by atoms with Crippen molar-refractivity contribution in [1.29, 1.82) is 0 Å². The average molecular weight is 870 g/mol. The number of carbonyl (C=O) groups excluding carboxylic acids is 3. The number of esters is 1. The van der Waals surface area contributed by atoms with E-state index in [2.05, 4.69) is 28.1 Å². The van der Waals surface area contributed by atoms with E-state index in [0.29, 0.717) is 52.6 Å². The summed E-state index contributed by atoms with van der Waals surface area (Å²) in [5, 5.41) is 12.8. The summed E-state index contributed by atoms with van der Waals surface area (Å²) in [4.78, 5) is 51.2. The predicted molar refractivity (Wildman–Crippen MR) is 244 cm³/mol. The molecule has 5 aromatic carbocycles. The molecule has 4 heterocycles. The highest BCUT2D eigenvalue weighted by Gasteiger charge is 2.74. The Labute approximate surface area is 379 Å². The number of rotatable bonds is 9. The SMILES string of the molecule is COc1cc2c(cc1OC)CN(C(=O)C1C3C(=O)OC(c4ccccc4)C(c4ccccc4)N3C(c3ccc(OCCO)cc3)C13C(=O)Nc1ccc(C#CC4=CCCCC4)cc13)CC2. The number of cyclic esters (lactones) is 1. The van der Waals surface area contributed by atoms with E-state index < -0.39 is 41.5 Å². The van der Waals surface area contributed by atoms with Gasteiger partial charge in [0, 0.05) is 24.3 Å². The maximum atomic E-state index is 16.1. The van der Waals surface area contributed by atoms with E-state index in [1.807, 2.05) is 115 Å². The lowest BCUT2D eigenvalue weighted by atomic mass is 9.65. The van der Waals surface area contributed by atoms with Crippen LogP contribution in [0.5, 0.6) is 17.2 Å². The van der Waals surface area contributed by atoms with Crippen molar-refractivity contribution in [3.05, 3.63) is 166 Å². The Morgan fingerprint density at radius 1 is 0.815 bits per heavy atom. The molecule has 2 N–H and O–H groups in total. The van der Waals surface area contributed by atoms with E-state index in [1.54, 1.807) is 19.1 Å². The number of hydrogen-bond acceptors (Lipinski definition) is 9. The van der Waals surface area contributed by atoms with Crippen LogP contribution in [0.2, 0.25) is 0 Å². The largest absolute Gasteiger partial charge is 0.493 e. The lowest BCUT2D eigenvalue weighted by molar-refractivity contribution is -0.179. The van der Waals surface area contributed by atoms with Crippen LogP contribution in [0.4, 0.5) is 5.69 Å². The number of hydrogen-bond donors (Lipinski definition) is 2. The number of benzene rings is 5. The van der Waals surface area contributed by atoms with Crippen molar-refractivity contribution < 1.29 is 38.4 Å². The molecule has 1 aliphatic carbocycles. The molecule has 0 bridgehead atoms. The first-order valence-corrected chi connectivity index (χ1v) is 22.4. The molecule has 1 spiro atoms. The molecule has 65 heavy (non-hydrogen) atoms. The summed E-state index contributed by atoms with van der Waals surface area (Å²) in [6, 6.07) is 33.9. The third-order valence-electron chi connectivity index (χ3n) is 13.8. The van der Waals surface area contributed by atoms with Crippen molar-refractivity contribution in [1.82, 2.24) is 9.80 Å². The fraction of sp³-hybridized carbons (Fsp3) is 0.315. The Hall–Kier alpha value is -6.87. The number of ether oxygens (including phenoxy) is 4. The molecule has 5 aromatic rings. The third kappa shape index (κ3) is 7.31. The zero-order chi connectivity index (χ0) is 44.7. The highest BCUT2D eigenvalue weighted by molar-refractivity contribution is 6.12. The van der Waals surface area contributed by atoms with Gasteiger partial charge in [0.1, 0.15) is 29.9 Å². The second kappa shape index (κ2) is 17.6. The second-order valence-electron chi connectivity index (χ2n) is 17.3. The van der Waals surface area contributed by atoms with Gasteiger partial charge in [0.2, 0.25) is 11.8 Å². The molecular weight excluding hydrogens is 819 g/mol.